The second-order valence-electron chi connectivity index (χ2n) is 6.07. The summed E-state index contributed by atoms with van der Waals surface area (Å²) in [5.41, 5.74) is 1.96. The van der Waals surface area contributed by atoms with Gasteiger partial charge in [-0.15, -0.1) is 0 Å². The molecule has 2 aromatic heterocycles. The van der Waals surface area contributed by atoms with E-state index in [4.69, 9.17) is 16.3 Å². The number of esters is 1. The molecule has 0 bridgehead atoms. The number of para-hydroxylation sites is 1. The maximum Gasteiger partial charge on any atom is 0.345 e. The molecule has 4 rings (SSSR count). The molecule has 0 N–H and O–H groups in total. The fourth-order valence-electron chi connectivity index (χ4n) is 3.39. The standard InChI is InChI=1S/C19H16ClN3O3/c1-3-26-19(25)15-16(24)12-8-9-14(20)21-17(12)23-13-7-5-4-6-11(13)10-22(2)18(15)23/h4-9H,3,10H2,1-2H3. The summed E-state index contributed by atoms with van der Waals surface area (Å²) in [5, 5.41) is 0.604. The van der Waals surface area contributed by atoms with Gasteiger partial charge in [0.2, 0.25) is 5.43 Å². The van der Waals surface area contributed by atoms with Crippen LogP contribution in [0, 0.1) is 0 Å². The summed E-state index contributed by atoms with van der Waals surface area (Å²) in [6.45, 7) is 2.46. The van der Waals surface area contributed by atoms with Gasteiger partial charge in [0.15, 0.2) is 5.65 Å². The normalized spacial score (nSPS) is 12.7. The van der Waals surface area contributed by atoms with E-state index in [0.717, 1.165) is 11.3 Å². The Morgan fingerprint density at radius 1 is 1.27 bits per heavy atom. The average Bonchev–Trinajstić information content (AvgIpc) is 2.62. The van der Waals surface area contributed by atoms with E-state index in [2.05, 4.69) is 4.98 Å². The molecule has 0 saturated heterocycles. The van der Waals surface area contributed by atoms with Gasteiger partial charge in [0.1, 0.15) is 16.5 Å². The van der Waals surface area contributed by atoms with Crippen molar-refractivity contribution in [3.63, 3.8) is 0 Å². The number of halogens is 1. The molecule has 3 heterocycles. The van der Waals surface area contributed by atoms with Gasteiger partial charge < -0.3 is 9.64 Å². The zero-order valence-corrected chi connectivity index (χ0v) is 15.1. The van der Waals surface area contributed by atoms with Crippen LogP contribution in [0.4, 0.5) is 5.82 Å². The third kappa shape index (κ3) is 2.37. The minimum absolute atomic E-state index is 0.0143. The van der Waals surface area contributed by atoms with Crippen LogP contribution < -0.4 is 10.3 Å². The largest absolute Gasteiger partial charge is 0.462 e. The summed E-state index contributed by atoms with van der Waals surface area (Å²) in [6.07, 6.45) is 0. The molecule has 132 valence electrons. The summed E-state index contributed by atoms with van der Waals surface area (Å²) in [5.74, 6) is -0.168. The maximum absolute atomic E-state index is 13.1. The van der Waals surface area contributed by atoms with E-state index >= 15 is 0 Å². The van der Waals surface area contributed by atoms with Crippen LogP contribution in [0.15, 0.2) is 41.2 Å². The van der Waals surface area contributed by atoms with Crippen molar-refractivity contribution in [1.29, 1.82) is 0 Å². The number of rotatable bonds is 2. The quantitative estimate of drug-likeness (QED) is 0.513. The Morgan fingerprint density at radius 2 is 2.04 bits per heavy atom. The Morgan fingerprint density at radius 3 is 2.81 bits per heavy atom. The number of aromatic nitrogens is 2. The summed E-state index contributed by atoms with van der Waals surface area (Å²) in [7, 11) is 1.83. The van der Waals surface area contributed by atoms with Crippen molar-refractivity contribution < 1.29 is 9.53 Å². The second kappa shape index (κ2) is 6.14. The first-order chi connectivity index (χ1) is 12.5. The fraction of sp³-hybridized carbons (Fsp3) is 0.211. The lowest BCUT2D eigenvalue weighted by molar-refractivity contribution is 0.0525. The Bertz CT molecular complexity index is 1110. The van der Waals surface area contributed by atoms with Gasteiger partial charge in [-0.05, 0) is 30.7 Å². The molecule has 7 heteroatoms. The third-order valence-electron chi connectivity index (χ3n) is 4.44. The lowest BCUT2D eigenvalue weighted by Gasteiger charge is -2.33. The van der Waals surface area contributed by atoms with E-state index in [-0.39, 0.29) is 17.3 Å². The zero-order valence-electron chi connectivity index (χ0n) is 14.3. The van der Waals surface area contributed by atoms with Crippen LogP contribution in [0.1, 0.15) is 22.8 Å². The summed E-state index contributed by atoms with van der Waals surface area (Å²) in [6, 6.07) is 11.0. The molecule has 0 fully saturated rings. The van der Waals surface area contributed by atoms with Gasteiger partial charge in [0.05, 0.1) is 17.7 Å². The number of nitrogens with zero attached hydrogens (tertiary/aromatic N) is 3. The first-order valence-electron chi connectivity index (χ1n) is 8.24. The van der Waals surface area contributed by atoms with Crippen molar-refractivity contribution in [2.75, 3.05) is 18.6 Å². The van der Waals surface area contributed by atoms with Crippen molar-refractivity contribution in [3.05, 3.63) is 62.9 Å². The fourth-order valence-corrected chi connectivity index (χ4v) is 3.53. The molecule has 1 aliphatic rings. The van der Waals surface area contributed by atoms with E-state index in [0.29, 0.717) is 23.4 Å². The molecule has 3 aromatic rings. The molecular weight excluding hydrogens is 354 g/mol. The van der Waals surface area contributed by atoms with E-state index in [9.17, 15) is 9.59 Å². The van der Waals surface area contributed by atoms with Gasteiger partial charge in [-0.2, -0.15) is 0 Å². The third-order valence-corrected chi connectivity index (χ3v) is 4.65. The number of carbonyl (C=O) groups is 1. The Labute approximate surface area is 154 Å². The predicted octanol–water partition coefficient (Wildman–Crippen LogP) is 3.17. The highest BCUT2D eigenvalue weighted by molar-refractivity contribution is 6.29. The molecule has 0 aliphatic carbocycles. The van der Waals surface area contributed by atoms with Crippen LogP contribution in [0.25, 0.3) is 16.7 Å². The number of benzene rings is 1. The molecule has 0 saturated carbocycles. The molecule has 26 heavy (non-hydrogen) atoms. The Hall–Kier alpha value is -2.86. The van der Waals surface area contributed by atoms with Gasteiger partial charge in [0.25, 0.3) is 0 Å². The number of hydrogen-bond donors (Lipinski definition) is 0. The van der Waals surface area contributed by atoms with E-state index in [1.54, 1.807) is 19.1 Å². The lowest BCUT2D eigenvalue weighted by atomic mass is 10.1. The van der Waals surface area contributed by atoms with Gasteiger partial charge in [-0.25, -0.2) is 9.78 Å². The number of fused-ring (bicyclic) bond motifs is 5. The molecule has 1 aliphatic heterocycles. The van der Waals surface area contributed by atoms with Crippen molar-refractivity contribution in [2.45, 2.75) is 13.5 Å². The lowest BCUT2D eigenvalue weighted by Crippen LogP contribution is -2.34. The topological polar surface area (TPSA) is 64.4 Å². The van der Waals surface area contributed by atoms with Gasteiger partial charge in [-0.1, -0.05) is 29.8 Å². The van der Waals surface area contributed by atoms with Crippen LogP contribution in [0.2, 0.25) is 5.15 Å². The highest BCUT2D eigenvalue weighted by Crippen LogP contribution is 2.34. The maximum atomic E-state index is 13.1. The first-order valence-corrected chi connectivity index (χ1v) is 8.62. The molecule has 0 amide bonds. The Balaban J connectivity index is 2.21. The molecule has 0 atom stereocenters. The van der Waals surface area contributed by atoms with Gasteiger partial charge >= 0.3 is 5.97 Å². The highest BCUT2D eigenvalue weighted by Gasteiger charge is 2.30. The molecule has 1 aromatic carbocycles. The Kier molecular flexibility index (Phi) is 3.92. The summed E-state index contributed by atoms with van der Waals surface area (Å²) >= 11 is 6.10. The van der Waals surface area contributed by atoms with E-state index in [1.807, 2.05) is 40.8 Å². The molecule has 6 nitrogen and oxygen atoms in total. The van der Waals surface area contributed by atoms with Crippen molar-refractivity contribution in [1.82, 2.24) is 9.55 Å². The minimum atomic E-state index is -0.635. The van der Waals surface area contributed by atoms with E-state index < -0.39 is 11.4 Å². The van der Waals surface area contributed by atoms with Crippen molar-refractivity contribution in [2.24, 2.45) is 0 Å². The molecule has 0 spiro atoms. The summed E-state index contributed by atoms with van der Waals surface area (Å²) in [4.78, 5) is 31.9. The van der Waals surface area contributed by atoms with E-state index in [1.165, 1.54) is 0 Å². The number of anilines is 1. The van der Waals surface area contributed by atoms with Crippen molar-refractivity contribution >= 4 is 34.4 Å². The number of ether oxygens (including phenoxy) is 1. The van der Waals surface area contributed by atoms with Crippen LogP contribution >= 0.6 is 11.6 Å². The molecule has 0 radical (unpaired) electrons. The molecular formula is C19H16ClN3O3. The monoisotopic (exact) mass is 369 g/mol. The zero-order chi connectivity index (χ0) is 18.4. The SMILES string of the molecule is CCOC(=O)c1c2n(c3nc(Cl)ccc3c1=O)-c1ccccc1CN2C. The van der Waals surface area contributed by atoms with Crippen LogP contribution in [0.3, 0.4) is 0 Å². The average molecular weight is 370 g/mol. The second-order valence-corrected chi connectivity index (χ2v) is 6.46. The predicted molar refractivity (Wildman–Crippen MR) is 100 cm³/mol. The van der Waals surface area contributed by atoms with Crippen LogP contribution in [0.5, 0.6) is 0 Å². The number of carbonyl (C=O) groups excluding carboxylic acids is 1. The molecule has 0 unspecified atom stereocenters. The van der Waals surface area contributed by atoms with Gasteiger partial charge in [0, 0.05) is 13.6 Å². The minimum Gasteiger partial charge on any atom is -0.462 e. The van der Waals surface area contributed by atoms with Gasteiger partial charge in [-0.3, -0.25) is 9.36 Å². The number of hydrogen-bond acceptors (Lipinski definition) is 5. The first kappa shape index (κ1) is 16.6. The smallest absolute Gasteiger partial charge is 0.345 e. The highest BCUT2D eigenvalue weighted by atomic mass is 35.5. The number of pyridine rings is 2. The van der Waals surface area contributed by atoms with Crippen LogP contribution in [-0.4, -0.2) is 29.2 Å². The van der Waals surface area contributed by atoms with Crippen LogP contribution in [-0.2, 0) is 11.3 Å². The summed E-state index contributed by atoms with van der Waals surface area (Å²) < 4.78 is 6.97. The van der Waals surface area contributed by atoms with Crippen molar-refractivity contribution in [3.8, 4) is 5.69 Å².